The van der Waals surface area contributed by atoms with Crippen LogP contribution in [0.1, 0.15) is 27.7 Å². The fraction of sp³-hybridized carbons (Fsp3) is 0.400. The number of hydrogen-bond acceptors (Lipinski definition) is 6. The van der Waals surface area contributed by atoms with Gasteiger partial charge in [-0.1, -0.05) is 23.5 Å². The van der Waals surface area contributed by atoms with Crippen LogP contribution in [0.25, 0.3) is 0 Å². The maximum Gasteiger partial charge on any atom is 0.421 e. The van der Waals surface area contributed by atoms with Crippen molar-refractivity contribution in [2.75, 3.05) is 11.5 Å². The number of aromatic nitrogens is 2. The van der Waals surface area contributed by atoms with E-state index >= 15 is 0 Å². The SMILES string of the molecule is CCOc1ccccc1N(C(=O)OC(C)(C)C)c1n[nH]c(=S)s1. The Hall–Kier alpha value is -1.93. The zero-order valence-corrected chi connectivity index (χ0v) is 15.1. The second kappa shape index (κ2) is 7.10. The zero-order chi connectivity index (χ0) is 17.0. The number of nitrogens with zero attached hydrogens (tertiary/aromatic N) is 2. The summed E-state index contributed by atoms with van der Waals surface area (Å²) in [5.41, 5.74) is -0.0745. The van der Waals surface area contributed by atoms with Crippen LogP contribution in [0, 0.1) is 3.95 Å². The Balaban J connectivity index is 2.50. The molecule has 1 N–H and O–H groups in total. The molecule has 1 amide bonds. The first-order chi connectivity index (χ1) is 10.8. The van der Waals surface area contributed by atoms with Crippen molar-refractivity contribution in [3.63, 3.8) is 0 Å². The molecule has 0 saturated heterocycles. The van der Waals surface area contributed by atoms with Gasteiger partial charge in [0.15, 0.2) is 3.95 Å². The molecule has 0 saturated carbocycles. The lowest BCUT2D eigenvalue weighted by Crippen LogP contribution is -2.34. The predicted molar refractivity (Wildman–Crippen MR) is 93.3 cm³/mol. The van der Waals surface area contributed by atoms with Gasteiger partial charge < -0.3 is 9.47 Å². The predicted octanol–water partition coefficient (Wildman–Crippen LogP) is 4.67. The first-order valence-electron chi connectivity index (χ1n) is 7.12. The Labute approximate surface area is 144 Å². The Morgan fingerprint density at radius 1 is 1.39 bits per heavy atom. The lowest BCUT2D eigenvalue weighted by atomic mass is 10.2. The first kappa shape index (κ1) is 17.4. The summed E-state index contributed by atoms with van der Waals surface area (Å²) in [6.07, 6.45) is -0.539. The smallest absolute Gasteiger partial charge is 0.421 e. The molecule has 0 radical (unpaired) electrons. The molecule has 0 spiro atoms. The van der Waals surface area contributed by atoms with Crippen molar-refractivity contribution in [3.05, 3.63) is 28.2 Å². The van der Waals surface area contributed by atoms with Crippen LogP contribution in [-0.4, -0.2) is 28.5 Å². The van der Waals surface area contributed by atoms with Crippen LogP contribution < -0.4 is 9.64 Å². The highest BCUT2D eigenvalue weighted by Crippen LogP contribution is 2.35. The highest BCUT2D eigenvalue weighted by molar-refractivity contribution is 7.73. The molecule has 1 aromatic heterocycles. The molecule has 6 nitrogen and oxygen atoms in total. The van der Waals surface area contributed by atoms with Gasteiger partial charge in [-0.25, -0.2) is 9.69 Å². The van der Waals surface area contributed by atoms with E-state index in [0.717, 1.165) is 0 Å². The summed E-state index contributed by atoms with van der Waals surface area (Å²) in [6, 6.07) is 7.23. The van der Waals surface area contributed by atoms with Gasteiger partial charge >= 0.3 is 6.09 Å². The molecule has 0 aliphatic carbocycles. The summed E-state index contributed by atoms with van der Waals surface area (Å²) in [6.45, 7) is 7.79. The van der Waals surface area contributed by atoms with E-state index in [4.69, 9.17) is 21.7 Å². The van der Waals surface area contributed by atoms with Crippen LogP contribution in [0.15, 0.2) is 24.3 Å². The molecule has 0 fully saturated rings. The molecular formula is C15H19N3O3S2. The molecule has 0 bridgehead atoms. The van der Waals surface area contributed by atoms with Gasteiger partial charge in [0.2, 0.25) is 5.13 Å². The summed E-state index contributed by atoms with van der Waals surface area (Å²) >= 11 is 6.26. The molecule has 0 atom stereocenters. The van der Waals surface area contributed by atoms with Gasteiger partial charge in [-0.15, -0.1) is 5.10 Å². The van der Waals surface area contributed by atoms with E-state index in [2.05, 4.69) is 10.2 Å². The van der Waals surface area contributed by atoms with Gasteiger partial charge in [-0.05, 0) is 52.0 Å². The van der Waals surface area contributed by atoms with Crippen molar-refractivity contribution < 1.29 is 14.3 Å². The average Bonchev–Trinajstić information content (AvgIpc) is 2.85. The van der Waals surface area contributed by atoms with Crippen molar-refractivity contribution in [1.82, 2.24) is 10.2 Å². The standard InChI is InChI=1S/C15H19N3O3S2/c1-5-20-11-9-7-6-8-10(11)18(12-16-17-13(22)23-12)14(19)21-15(2,3)4/h6-9H,5H2,1-4H3,(H,17,22). The van der Waals surface area contributed by atoms with Crippen LogP contribution in [0.2, 0.25) is 0 Å². The normalized spacial score (nSPS) is 11.1. The highest BCUT2D eigenvalue weighted by atomic mass is 32.1. The van der Waals surface area contributed by atoms with Gasteiger partial charge in [0.25, 0.3) is 0 Å². The van der Waals surface area contributed by atoms with Crippen molar-refractivity contribution in [2.45, 2.75) is 33.3 Å². The number of ether oxygens (including phenoxy) is 2. The van der Waals surface area contributed by atoms with Crippen molar-refractivity contribution in [3.8, 4) is 5.75 Å². The number of carbonyl (C=O) groups is 1. The lowest BCUT2D eigenvalue weighted by molar-refractivity contribution is 0.0598. The quantitative estimate of drug-likeness (QED) is 0.809. The van der Waals surface area contributed by atoms with Crippen LogP contribution in [-0.2, 0) is 4.74 Å². The molecular weight excluding hydrogens is 334 g/mol. The molecule has 0 unspecified atom stereocenters. The number of nitrogens with one attached hydrogen (secondary N) is 1. The number of para-hydroxylation sites is 2. The number of aromatic amines is 1. The summed E-state index contributed by atoms with van der Waals surface area (Å²) in [5.74, 6) is 0.571. The number of anilines is 2. The van der Waals surface area contributed by atoms with E-state index < -0.39 is 11.7 Å². The van der Waals surface area contributed by atoms with E-state index in [1.807, 2.05) is 39.8 Å². The summed E-state index contributed by atoms with van der Waals surface area (Å²) < 4.78 is 11.6. The van der Waals surface area contributed by atoms with Crippen LogP contribution in [0.4, 0.5) is 15.6 Å². The molecule has 1 aromatic carbocycles. The largest absolute Gasteiger partial charge is 0.492 e. The fourth-order valence-electron chi connectivity index (χ4n) is 1.82. The number of hydrogen-bond donors (Lipinski definition) is 1. The lowest BCUT2D eigenvalue weighted by Gasteiger charge is -2.26. The number of carbonyl (C=O) groups excluding carboxylic acids is 1. The van der Waals surface area contributed by atoms with E-state index in [0.29, 0.717) is 27.1 Å². The second-order valence-electron chi connectivity index (χ2n) is 5.61. The molecule has 23 heavy (non-hydrogen) atoms. The Morgan fingerprint density at radius 3 is 2.65 bits per heavy atom. The van der Waals surface area contributed by atoms with Gasteiger partial charge in [0, 0.05) is 0 Å². The van der Waals surface area contributed by atoms with E-state index in [1.165, 1.54) is 16.2 Å². The molecule has 8 heteroatoms. The van der Waals surface area contributed by atoms with Crippen molar-refractivity contribution in [2.24, 2.45) is 0 Å². The van der Waals surface area contributed by atoms with Crippen LogP contribution >= 0.6 is 23.6 Å². The van der Waals surface area contributed by atoms with Crippen LogP contribution in [0.3, 0.4) is 0 Å². The number of benzene rings is 1. The van der Waals surface area contributed by atoms with E-state index in [9.17, 15) is 4.79 Å². The maximum absolute atomic E-state index is 12.7. The molecule has 2 rings (SSSR count). The second-order valence-corrected chi connectivity index (χ2v) is 7.26. The minimum atomic E-state index is -0.631. The molecule has 2 aromatic rings. The Morgan fingerprint density at radius 2 is 2.09 bits per heavy atom. The van der Waals surface area contributed by atoms with Gasteiger partial charge in [-0.2, -0.15) is 0 Å². The highest BCUT2D eigenvalue weighted by Gasteiger charge is 2.29. The van der Waals surface area contributed by atoms with Crippen LogP contribution in [0.5, 0.6) is 5.75 Å². The summed E-state index contributed by atoms with van der Waals surface area (Å²) in [4.78, 5) is 14.1. The number of amides is 1. The third-order valence-corrected chi connectivity index (χ3v) is 3.67. The molecule has 124 valence electrons. The van der Waals surface area contributed by atoms with Gasteiger partial charge in [0.1, 0.15) is 11.4 Å². The summed E-state index contributed by atoms with van der Waals surface area (Å²) in [7, 11) is 0. The fourth-order valence-corrected chi connectivity index (χ4v) is 2.71. The van der Waals surface area contributed by atoms with E-state index in [1.54, 1.807) is 12.1 Å². The maximum atomic E-state index is 12.7. The first-order valence-corrected chi connectivity index (χ1v) is 8.34. The number of H-pyrrole nitrogens is 1. The monoisotopic (exact) mass is 353 g/mol. The van der Waals surface area contributed by atoms with Gasteiger partial charge in [0.05, 0.1) is 12.3 Å². The topological polar surface area (TPSA) is 67.4 Å². The molecule has 0 aliphatic rings. The molecule has 0 aliphatic heterocycles. The Bertz CT molecular complexity index is 734. The van der Waals surface area contributed by atoms with E-state index in [-0.39, 0.29) is 0 Å². The summed E-state index contributed by atoms with van der Waals surface area (Å²) in [5, 5.41) is 7.18. The Kier molecular flexibility index (Phi) is 5.38. The average molecular weight is 353 g/mol. The van der Waals surface area contributed by atoms with Crippen molar-refractivity contribution in [1.29, 1.82) is 0 Å². The minimum Gasteiger partial charge on any atom is -0.492 e. The minimum absolute atomic E-state index is 0.399. The number of rotatable bonds is 4. The zero-order valence-electron chi connectivity index (χ0n) is 13.5. The third kappa shape index (κ3) is 4.52. The van der Waals surface area contributed by atoms with Crippen molar-refractivity contribution >= 4 is 40.5 Å². The third-order valence-electron chi connectivity index (χ3n) is 2.60. The van der Waals surface area contributed by atoms with Gasteiger partial charge in [-0.3, -0.25) is 5.10 Å². The molecule has 1 heterocycles.